The van der Waals surface area contributed by atoms with Crippen molar-refractivity contribution in [3.8, 4) is 5.75 Å². The lowest BCUT2D eigenvalue weighted by molar-refractivity contribution is -0.135. The SMILES string of the molecule is CC(Oc1ccc(Cl)cc1/C=C/C(=O)O)C(=O)N(C)C. The molecule has 0 aromatic heterocycles. The zero-order valence-electron chi connectivity index (χ0n) is 11.5. The Labute approximate surface area is 122 Å². The lowest BCUT2D eigenvalue weighted by atomic mass is 10.2. The van der Waals surface area contributed by atoms with Gasteiger partial charge in [0.2, 0.25) is 0 Å². The average Bonchev–Trinajstić information content (AvgIpc) is 2.37. The molecule has 1 atom stereocenters. The Morgan fingerprint density at radius 2 is 2.05 bits per heavy atom. The van der Waals surface area contributed by atoms with Gasteiger partial charge in [-0.05, 0) is 31.2 Å². The first-order valence-corrected chi connectivity index (χ1v) is 6.27. The van der Waals surface area contributed by atoms with E-state index in [9.17, 15) is 9.59 Å². The second-order valence-corrected chi connectivity index (χ2v) is 4.78. The summed E-state index contributed by atoms with van der Waals surface area (Å²) in [6.45, 7) is 1.63. The van der Waals surface area contributed by atoms with E-state index in [0.29, 0.717) is 16.3 Å². The Kier molecular flexibility index (Phi) is 5.58. The Morgan fingerprint density at radius 3 is 2.60 bits per heavy atom. The Hall–Kier alpha value is -2.01. The first-order valence-electron chi connectivity index (χ1n) is 5.89. The van der Waals surface area contributed by atoms with E-state index in [2.05, 4.69) is 0 Å². The van der Waals surface area contributed by atoms with Gasteiger partial charge >= 0.3 is 5.97 Å². The number of carbonyl (C=O) groups excluding carboxylic acids is 1. The molecule has 1 aromatic carbocycles. The van der Waals surface area contributed by atoms with Gasteiger partial charge in [0.05, 0.1) is 0 Å². The van der Waals surface area contributed by atoms with E-state index in [-0.39, 0.29) is 5.91 Å². The third-order valence-electron chi connectivity index (χ3n) is 2.47. The van der Waals surface area contributed by atoms with Crippen molar-refractivity contribution >= 4 is 29.6 Å². The van der Waals surface area contributed by atoms with Crippen LogP contribution in [0.5, 0.6) is 5.75 Å². The predicted octanol–water partition coefficient (Wildman–Crippen LogP) is 2.29. The first kappa shape index (κ1) is 16.0. The molecule has 1 amide bonds. The normalized spacial score (nSPS) is 12.2. The molecule has 20 heavy (non-hydrogen) atoms. The monoisotopic (exact) mass is 297 g/mol. The van der Waals surface area contributed by atoms with Crippen LogP contribution < -0.4 is 4.74 Å². The molecule has 0 saturated heterocycles. The summed E-state index contributed by atoms with van der Waals surface area (Å²) in [5, 5.41) is 9.11. The van der Waals surface area contributed by atoms with Crippen LogP contribution in [0.15, 0.2) is 24.3 Å². The molecular weight excluding hydrogens is 282 g/mol. The molecule has 0 saturated carbocycles. The second kappa shape index (κ2) is 6.96. The van der Waals surface area contributed by atoms with E-state index >= 15 is 0 Å². The van der Waals surface area contributed by atoms with Gasteiger partial charge in [-0.25, -0.2) is 4.79 Å². The smallest absolute Gasteiger partial charge is 0.328 e. The molecule has 6 heteroatoms. The molecule has 0 bridgehead atoms. The summed E-state index contributed by atoms with van der Waals surface area (Å²) in [7, 11) is 3.27. The van der Waals surface area contributed by atoms with Crippen molar-refractivity contribution in [3.63, 3.8) is 0 Å². The summed E-state index contributed by atoms with van der Waals surface area (Å²) in [6, 6.07) is 4.79. The van der Waals surface area contributed by atoms with Crippen LogP contribution in [-0.2, 0) is 9.59 Å². The summed E-state index contributed by atoms with van der Waals surface area (Å²) in [6.07, 6.45) is 1.68. The van der Waals surface area contributed by atoms with Gasteiger partial charge in [-0.1, -0.05) is 11.6 Å². The Bertz CT molecular complexity index is 540. The van der Waals surface area contributed by atoms with Crippen LogP contribution in [0, 0.1) is 0 Å². The first-order chi connectivity index (χ1) is 9.31. The van der Waals surface area contributed by atoms with Gasteiger partial charge in [0, 0.05) is 30.8 Å². The lowest BCUT2D eigenvalue weighted by Gasteiger charge is -2.19. The maximum Gasteiger partial charge on any atom is 0.328 e. The molecule has 0 aliphatic rings. The number of carboxylic acids is 1. The van der Waals surface area contributed by atoms with Crippen LogP contribution in [0.3, 0.4) is 0 Å². The maximum atomic E-state index is 11.8. The van der Waals surface area contributed by atoms with Gasteiger partial charge < -0.3 is 14.7 Å². The van der Waals surface area contributed by atoms with Gasteiger partial charge in [-0.2, -0.15) is 0 Å². The minimum atomic E-state index is -1.08. The summed E-state index contributed by atoms with van der Waals surface area (Å²) in [4.78, 5) is 23.7. The number of benzene rings is 1. The van der Waals surface area contributed by atoms with Crippen LogP contribution in [0.1, 0.15) is 12.5 Å². The number of likely N-dealkylation sites (N-methyl/N-ethyl adjacent to an activating group) is 1. The second-order valence-electron chi connectivity index (χ2n) is 4.35. The highest BCUT2D eigenvalue weighted by Crippen LogP contribution is 2.25. The minimum Gasteiger partial charge on any atom is -0.480 e. The molecule has 0 aliphatic heterocycles. The quantitative estimate of drug-likeness (QED) is 0.847. The van der Waals surface area contributed by atoms with E-state index in [1.54, 1.807) is 39.2 Å². The fourth-order valence-corrected chi connectivity index (χ4v) is 1.70. The number of hydrogen-bond acceptors (Lipinski definition) is 3. The number of hydrogen-bond donors (Lipinski definition) is 1. The highest BCUT2D eigenvalue weighted by atomic mass is 35.5. The van der Waals surface area contributed by atoms with Crippen LogP contribution in [0.25, 0.3) is 6.08 Å². The van der Waals surface area contributed by atoms with Gasteiger partial charge in [0.15, 0.2) is 6.10 Å². The molecule has 1 rings (SSSR count). The molecule has 0 aliphatic carbocycles. The van der Waals surface area contributed by atoms with Gasteiger partial charge in [-0.15, -0.1) is 0 Å². The van der Waals surface area contributed by atoms with Crippen LogP contribution in [0.2, 0.25) is 5.02 Å². The largest absolute Gasteiger partial charge is 0.480 e. The van der Waals surface area contributed by atoms with Crippen LogP contribution in [0.4, 0.5) is 0 Å². The number of carboxylic acid groups (broad SMARTS) is 1. The van der Waals surface area contributed by atoms with E-state index in [1.807, 2.05) is 0 Å². The van der Waals surface area contributed by atoms with E-state index in [4.69, 9.17) is 21.4 Å². The molecule has 1 unspecified atom stereocenters. The topological polar surface area (TPSA) is 66.8 Å². The number of rotatable bonds is 5. The maximum absolute atomic E-state index is 11.8. The van der Waals surface area contributed by atoms with Crippen LogP contribution >= 0.6 is 11.6 Å². The Balaban J connectivity index is 3.00. The van der Waals surface area contributed by atoms with Gasteiger partial charge in [-0.3, -0.25) is 4.79 Å². The van der Waals surface area contributed by atoms with Gasteiger partial charge in [0.25, 0.3) is 5.91 Å². The van der Waals surface area contributed by atoms with Crippen molar-refractivity contribution in [2.75, 3.05) is 14.1 Å². The molecule has 1 N–H and O–H groups in total. The fourth-order valence-electron chi connectivity index (χ4n) is 1.52. The molecule has 0 radical (unpaired) electrons. The predicted molar refractivity (Wildman–Crippen MR) is 76.9 cm³/mol. The van der Waals surface area contributed by atoms with Crippen molar-refractivity contribution in [2.45, 2.75) is 13.0 Å². The molecule has 0 fully saturated rings. The minimum absolute atomic E-state index is 0.187. The number of halogens is 1. The van der Waals surface area contributed by atoms with E-state index in [0.717, 1.165) is 6.08 Å². The molecule has 1 aromatic rings. The molecule has 5 nitrogen and oxygen atoms in total. The van der Waals surface area contributed by atoms with Crippen molar-refractivity contribution < 1.29 is 19.4 Å². The van der Waals surface area contributed by atoms with Gasteiger partial charge in [0.1, 0.15) is 5.75 Å². The number of carbonyl (C=O) groups is 2. The lowest BCUT2D eigenvalue weighted by Crippen LogP contribution is -2.35. The van der Waals surface area contributed by atoms with Crippen molar-refractivity contribution in [1.82, 2.24) is 4.90 Å². The van der Waals surface area contributed by atoms with Crippen LogP contribution in [-0.4, -0.2) is 42.1 Å². The highest BCUT2D eigenvalue weighted by molar-refractivity contribution is 6.30. The summed E-state index contributed by atoms with van der Waals surface area (Å²) >= 11 is 5.87. The Morgan fingerprint density at radius 1 is 1.40 bits per heavy atom. The zero-order chi connectivity index (χ0) is 15.3. The molecular formula is C14H16ClNO4. The zero-order valence-corrected chi connectivity index (χ0v) is 12.2. The summed E-state index contributed by atoms with van der Waals surface area (Å²) < 4.78 is 5.56. The highest BCUT2D eigenvalue weighted by Gasteiger charge is 2.17. The molecule has 0 heterocycles. The molecule has 0 spiro atoms. The summed E-state index contributed by atoms with van der Waals surface area (Å²) in [5.41, 5.74) is 0.498. The third kappa shape index (κ3) is 4.59. The number of nitrogens with zero attached hydrogens (tertiary/aromatic N) is 1. The molecule has 108 valence electrons. The number of amides is 1. The van der Waals surface area contributed by atoms with Crippen molar-refractivity contribution in [1.29, 1.82) is 0 Å². The van der Waals surface area contributed by atoms with Crippen molar-refractivity contribution in [2.24, 2.45) is 0 Å². The third-order valence-corrected chi connectivity index (χ3v) is 2.70. The average molecular weight is 298 g/mol. The number of ether oxygens (including phenoxy) is 1. The van der Waals surface area contributed by atoms with E-state index in [1.165, 1.54) is 11.0 Å². The fraction of sp³-hybridized carbons (Fsp3) is 0.286. The number of aliphatic carboxylic acids is 1. The van der Waals surface area contributed by atoms with E-state index < -0.39 is 12.1 Å². The summed E-state index contributed by atoms with van der Waals surface area (Å²) in [5.74, 6) is -0.865. The van der Waals surface area contributed by atoms with Crippen molar-refractivity contribution in [3.05, 3.63) is 34.9 Å². The standard InChI is InChI=1S/C14H16ClNO4/c1-9(14(19)16(2)3)20-12-6-5-11(15)8-10(12)4-7-13(17)18/h4-9H,1-3H3,(H,17,18)/b7-4+.